The molecule has 3 aromatic rings. The molecule has 4 rings (SSSR count). The van der Waals surface area contributed by atoms with Gasteiger partial charge in [-0.3, -0.25) is 0 Å². The molecule has 0 radical (unpaired) electrons. The van der Waals surface area contributed by atoms with Gasteiger partial charge in [-0.25, -0.2) is 19.7 Å². The van der Waals surface area contributed by atoms with Crippen molar-refractivity contribution in [1.29, 1.82) is 0 Å². The number of anilines is 4. The number of nitrogens with one attached hydrogen (secondary N) is 2. The SMILES string of the molecule is CCc1ccc(NC(=O)N2CCN(c3cc(Nc4ccccn4)ncn3)CC2)cc1. The molecule has 154 valence electrons. The average Bonchev–Trinajstić information content (AvgIpc) is 2.80. The van der Waals surface area contributed by atoms with Gasteiger partial charge in [0.25, 0.3) is 0 Å². The van der Waals surface area contributed by atoms with Crippen molar-refractivity contribution in [3.8, 4) is 0 Å². The van der Waals surface area contributed by atoms with E-state index in [2.05, 4.69) is 37.4 Å². The van der Waals surface area contributed by atoms with E-state index in [9.17, 15) is 4.79 Å². The minimum Gasteiger partial charge on any atom is -0.353 e. The minimum atomic E-state index is -0.0703. The summed E-state index contributed by atoms with van der Waals surface area (Å²) in [4.78, 5) is 29.5. The van der Waals surface area contributed by atoms with Crippen LogP contribution in [0.4, 0.5) is 27.9 Å². The van der Waals surface area contributed by atoms with E-state index in [4.69, 9.17) is 0 Å². The van der Waals surface area contributed by atoms with Gasteiger partial charge in [0, 0.05) is 44.1 Å². The number of aryl methyl sites for hydroxylation is 1. The topological polar surface area (TPSA) is 86.3 Å². The van der Waals surface area contributed by atoms with Crippen LogP contribution in [0.5, 0.6) is 0 Å². The molecule has 30 heavy (non-hydrogen) atoms. The van der Waals surface area contributed by atoms with E-state index in [1.165, 1.54) is 5.56 Å². The first-order chi connectivity index (χ1) is 14.7. The predicted molar refractivity (Wildman–Crippen MR) is 118 cm³/mol. The number of hydrogen-bond acceptors (Lipinski definition) is 6. The van der Waals surface area contributed by atoms with E-state index >= 15 is 0 Å². The van der Waals surface area contributed by atoms with Gasteiger partial charge in [-0.05, 0) is 36.2 Å². The normalized spacial score (nSPS) is 13.8. The maximum atomic E-state index is 12.6. The fourth-order valence-electron chi connectivity index (χ4n) is 3.32. The molecule has 2 aromatic heterocycles. The highest BCUT2D eigenvalue weighted by molar-refractivity contribution is 5.89. The molecular formula is C22H25N7O. The van der Waals surface area contributed by atoms with Gasteiger partial charge in [0.15, 0.2) is 0 Å². The fraction of sp³-hybridized carbons (Fsp3) is 0.273. The second-order valence-electron chi connectivity index (χ2n) is 7.06. The molecule has 0 spiro atoms. The highest BCUT2D eigenvalue weighted by Crippen LogP contribution is 2.19. The molecule has 0 atom stereocenters. The largest absolute Gasteiger partial charge is 0.353 e. The highest BCUT2D eigenvalue weighted by Gasteiger charge is 2.22. The van der Waals surface area contributed by atoms with Gasteiger partial charge in [0.05, 0.1) is 0 Å². The summed E-state index contributed by atoms with van der Waals surface area (Å²) in [6, 6.07) is 15.5. The van der Waals surface area contributed by atoms with E-state index in [-0.39, 0.29) is 6.03 Å². The van der Waals surface area contributed by atoms with Gasteiger partial charge in [0.1, 0.15) is 23.8 Å². The molecule has 1 aromatic carbocycles. The summed E-state index contributed by atoms with van der Waals surface area (Å²) in [5, 5.41) is 6.16. The fourth-order valence-corrected chi connectivity index (χ4v) is 3.32. The van der Waals surface area contributed by atoms with Crippen molar-refractivity contribution in [2.24, 2.45) is 0 Å². The van der Waals surface area contributed by atoms with Crippen molar-refractivity contribution in [3.05, 3.63) is 66.6 Å². The van der Waals surface area contributed by atoms with E-state index in [1.807, 2.05) is 53.4 Å². The lowest BCUT2D eigenvalue weighted by molar-refractivity contribution is 0.208. The van der Waals surface area contributed by atoms with Crippen molar-refractivity contribution in [2.45, 2.75) is 13.3 Å². The van der Waals surface area contributed by atoms with Crippen LogP contribution >= 0.6 is 0 Å². The Morgan fingerprint density at radius 2 is 1.77 bits per heavy atom. The number of hydrogen-bond donors (Lipinski definition) is 2. The molecule has 1 fully saturated rings. The van der Waals surface area contributed by atoms with Crippen molar-refractivity contribution >= 4 is 29.2 Å². The van der Waals surface area contributed by atoms with Gasteiger partial charge >= 0.3 is 6.03 Å². The quantitative estimate of drug-likeness (QED) is 0.678. The van der Waals surface area contributed by atoms with Crippen molar-refractivity contribution in [3.63, 3.8) is 0 Å². The molecule has 0 aliphatic carbocycles. The first-order valence-electron chi connectivity index (χ1n) is 10.1. The van der Waals surface area contributed by atoms with Crippen LogP contribution in [0, 0.1) is 0 Å². The first kappa shape index (κ1) is 19.6. The second-order valence-corrected chi connectivity index (χ2v) is 7.06. The Balaban J connectivity index is 1.32. The van der Waals surface area contributed by atoms with Crippen LogP contribution in [0.2, 0.25) is 0 Å². The van der Waals surface area contributed by atoms with Crippen molar-refractivity contribution in [1.82, 2.24) is 19.9 Å². The zero-order valence-electron chi connectivity index (χ0n) is 17.0. The molecule has 8 heteroatoms. The van der Waals surface area contributed by atoms with Gasteiger partial charge < -0.3 is 20.4 Å². The van der Waals surface area contributed by atoms with E-state index in [1.54, 1.807) is 12.5 Å². The minimum absolute atomic E-state index is 0.0703. The molecule has 3 heterocycles. The number of benzene rings is 1. The third kappa shape index (κ3) is 4.83. The molecular weight excluding hydrogens is 378 g/mol. The molecule has 2 amide bonds. The number of urea groups is 1. The summed E-state index contributed by atoms with van der Waals surface area (Å²) >= 11 is 0. The van der Waals surface area contributed by atoms with E-state index in [0.717, 1.165) is 23.7 Å². The van der Waals surface area contributed by atoms with Crippen LogP contribution in [0.1, 0.15) is 12.5 Å². The zero-order valence-corrected chi connectivity index (χ0v) is 17.0. The monoisotopic (exact) mass is 403 g/mol. The van der Waals surface area contributed by atoms with E-state index in [0.29, 0.717) is 32.0 Å². The maximum Gasteiger partial charge on any atom is 0.321 e. The van der Waals surface area contributed by atoms with Gasteiger partial charge in [-0.1, -0.05) is 25.1 Å². The molecule has 1 aliphatic rings. The highest BCUT2D eigenvalue weighted by atomic mass is 16.2. The van der Waals surface area contributed by atoms with Crippen LogP contribution in [0.25, 0.3) is 0 Å². The molecule has 1 saturated heterocycles. The summed E-state index contributed by atoms with van der Waals surface area (Å²) in [5.41, 5.74) is 2.07. The van der Waals surface area contributed by atoms with Gasteiger partial charge in [0.2, 0.25) is 0 Å². The van der Waals surface area contributed by atoms with Crippen LogP contribution < -0.4 is 15.5 Å². The first-order valence-corrected chi connectivity index (χ1v) is 10.1. The third-order valence-electron chi connectivity index (χ3n) is 5.08. The predicted octanol–water partition coefficient (Wildman–Crippen LogP) is 3.53. The number of pyridine rings is 1. The molecule has 0 saturated carbocycles. The Kier molecular flexibility index (Phi) is 6.03. The number of amides is 2. The molecule has 8 nitrogen and oxygen atoms in total. The van der Waals surface area contributed by atoms with Crippen LogP contribution in [0.15, 0.2) is 61.1 Å². The summed E-state index contributed by atoms with van der Waals surface area (Å²) < 4.78 is 0. The number of carbonyl (C=O) groups excluding carboxylic acids is 1. The number of nitrogens with zero attached hydrogens (tertiary/aromatic N) is 5. The van der Waals surface area contributed by atoms with Gasteiger partial charge in [-0.15, -0.1) is 0 Å². The Bertz CT molecular complexity index is 970. The number of carbonyl (C=O) groups is 1. The number of rotatable bonds is 5. The lowest BCUT2D eigenvalue weighted by atomic mass is 10.1. The third-order valence-corrected chi connectivity index (χ3v) is 5.08. The van der Waals surface area contributed by atoms with E-state index < -0.39 is 0 Å². The summed E-state index contributed by atoms with van der Waals surface area (Å²) in [6.45, 7) is 4.80. The zero-order chi connectivity index (χ0) is 20.8. The standard InChI is InChI=1S/C22H25N7O/c1-2-17-6-8-18(9-7-17)26-22(30)29-13-11-28(12-14-29)21-15-20(24-16-25-21)27-19-5-3-4-10-23-19/h3-10,15-16H,2,11-14H2,1H3,(H,26,30)(H,23,24,25,27). The van der Waals surface area contributed by atoms with Crippen LogP contribution in [-0.2, 0) is 6.42 Å². The van der Waals surface area contributed by atoms with Crippen LogP contribution in [-0.4, -0.2) is 52.1 Å². The Labute approximate surface area is 176 Å². The summed E-state index contributed by atoms with van der Waals surface area (Å²) in [6.07, 6.45) is 4.25. The lowest BCUT2D eigenvalue weighted by Crippen LogP contribution is -2.50. The smallest absolute Gasteiger partial charge is 0.321 e. The van der Waals surface area contributed by atoms with Crippen molar-refractivity contribution in [2.75, 3.05) is 41.7 Å². The molecule has 1 aliphatic heterocycles. The molecule has 2 N–H and O–H groups in total. The maximum absolute atomic E-state index is 12.6. The molecule has 0 bridgehead atoms. The Morgan fingerprint density at radius 3 is 2.47 bits per heavy atom. The summed E-state index contributed by atoms with van der Waals surface area (Å²) in [5.74, 6) is 2.25. The average molecular weight is 403 g/mol. The van der Waals surface area contributed by atoms with Gasteiger partial charge in [-0.2, -0.15) is 0 Å². The van der Waals surface area contributed by atoms with Crippen molar-refractivity contribution < 1.29 is 4.79 Å². The Morgan fingerprint density at radius 1 is 0.967 bits per heavy atom. The van der Waals surface area contributed by atoms with Crippen LogP contribution in [0.3, 0.4) is 0 Å². The number of piperazine rings is 1. The lowest BCUT2D eigenvalue weighted by Gasteiger charge is -2.35. The Hall–Kier alpha value is -3.68. The number of aromatic nitrogens is 3. The second kappa shape index (κ2) is 9.21. The molecule has 0 unspecified atom stereocenters. The summed E-state index contributed by atoms with van der Waals surface area (Å²) in [7, 11) is 0.